The van der Waals surface area contributed by atoms with Crippen LogP contribution in [0.1, 0.15) is 58.8 Å². The van der Waals surface area contributed by atoms with Crippen LogP contribution in [0.25, 0.3) is 0 Å². The molecular weight excluding hydrogens is 228 g/mol. The van der Waals surface area contributed by atoms with Crippen molar-refractivity contribution in [2.75, 3.05) is 6.61 Å². The van der Waals surface area contributed by atoms with Gasteiger partial charge in [0, 0.05) is 18.6 Å². The zero-order valence-electron chi connectivity index (χ0n) is 11.6. The van der Waals surface area contributed by atoms with E-state index in [1.54, 1.807) is 0 Å². The normalized spacial score (nSPS) is 35.4. The van der Waals surface area contributed by atoms with Gasteiger partial charge in [-0.2, -0.15) is 0 Å². The van der Waals surface area contributed by atoms with Crippen molar-refractivity contribution >= 4 is 5.91 Å². The largest absolute Gasteiger partial charge is 0.376 e. The Kier molecular flexibility index (Phi) is 3.97. The van der Waals surface area contributed by atoms with Gasteiger partial charge in [0.1, 0.15) is 0 Å². The molecule has 1 heterocycles. The molecule has 104 valence electrons. The second-order valence-electron chi connectivity index (χ2n) is 6.33. The zero-order chi connectivity index (χ0) is 13.2. The smallest absolute Gasteiger partial charge is 0.222 e. The first-order valence-corrected chi connectivity index (χ1v) is 7.15. The van der Waals surface area contributed by atoms with E-state index in [4.69, 9.17) is 10.5 Å². The molecule has 0 aromatic rings. The number of hydrogen-bond donors (Lipinski definition) is 2. The lowest BCUT2D eigenvalue weighted by molar-refractivity contribution is -0.125. The van der Waals surface area contributed by atoms with Gasteiger partial charge in [0.15, 0.2) is 0 Å². The highest BCUT2D eigenvalue weighted by atomic mass is 16.5. The first kappa shape index (κ1) is 13.8. The maximum Gasteiger partial charge on any atom is 0.222 e. The number of amides is 1. The Labute approximate surface area is 110 Å². The van der Waals surface area contributed by atoms with Gasteiger partial charge >= 0.3 is 0 Å². The molecule has 4 nitrogen and oxygen atoms in total. The second kappa shape index (κ2) is 5.17. The predicted octanol–water partition coefficient (Wildman–Crippen LogP) is 1.72. The highest BCUT2D eigenvalue weighted by Crippen LogP contribution is 2.30. The topological polar surface area (TPSA) is 64.3 Å². The third kappa shape index (κ3) is 3.04. The molecule has 1 saturated heterocycles. The lowest BCUT2D eigenvalue weighted by atomic mass is 9.79. The highest BCUT2D eigenvalue weighted by molar-refractivity contribution is 5.78. The Morgan fingerprint density at radius 1 is 1.33 bits per heavy atom. The van der Waals surface area contributed by atoms with Crippen molar-refractivity contribution in [3.8, 4) is 0 Å². The fourth-order valence-corrected chi connectivity index (χ4v) is 3.11. The minimum absolute atomic E-state index is 0.0826. The average Bonchev–Trinajstić information content (AvgIpc) is 2.58. The third-order valence-electron chi connectivity index (χ3n) is 4.67. The summed E-state index contributed by atoms with van der Waals surface area (Å²) in [5.41, 5.74) is 5.82. The van der Waals surface area contributed by atoms with Crippen molar-refractivity contribution in [2.24, 2.45) is 5.73 Å². The van der Waals surface area contributed by atoms with Gasteiger partial charge in [-0.1, -0.05) is 19.3 Å². The summed E-state index contributed by atoms with van der Waals surface area (Å²) in [4.78, 5) is 12.2. The summed E-state index contributed by atoms with van der Waals surface area (Å²) in [6.07, 6.45) is 6.94. The first-order chi connectivity index (χ1) is 8.44. The van der Waals surface area contributed by atoms with Crippen LogP contribution in [0, 0.1) is 0 Å². The van der Waals surface area contributed by atoms with Gasteiger partial charge in [0.25, 0.3) is 0 Å². The van der Waals surface area contributed by atoms with Gasteiger partial charge in [0.2, 0.25) is 5.91 Å². The van der Waals surface area contributed by atoms with E-state index in [2.05, 4.69) is 12.2 Å². The van der Waals surface area contributed by atoms with Crippen LogP contribution in [0.5, 0.6) is 0 Å². The van der Waals surface area contributed by atoms with Crippen molar-refractivity contribution < 1.29 is 9.53 Å². The predicted molar refractivity (Wildman–Crippen MR) is 71.2 cm³/mol. The zero-order valence-corrected chi connectivity index (χ0v) is 11.6. The van der Waals surface area contributed by atoms with Crippen LogP contribution in [-0.4, -0.2) is 29.7 Å². The van der Waals surface area contributed by atoms with Crippen LogP contribution >= 0.6 is 0 Å². The highest BCUT2D eigenvalue weighted by Gasteiger charge is 2.39. The molecule has 18 heavy (non-hydrogen) atoms. The van der Waals surface area contributed by atoms with Crippen LogP contribution in [0.4, 0.5) is 0 Å². The van der Waals surface area contributed by atoms with E-state index in [1.807, 2.05) is 6.92 Å². The van der Waals surface area contributed by atoms with Crippen LogP contribution in [0.2, 0.25) is 0 Å². The standard InChI is InChI=1S/C14H26N2O2/c1-11-13(2,8-9-18-11)16-12(17)10-14(15)6-4-3-5-7-14/h11H,3-10,15H2,1-2H3,(H,16,17). The van der Waals surface area contributed by atoms with Gasteiger partial charge in [-0.3, -0.25) is 4.79 Å². The second-order valence-corrected chi connectivity index (χ2v) is 6.33. The van der Waals surface area contributed by atoms with Gasteiger partial charge in [-0.15, -0.1) is 0 Å². The van der Waals surface area contributed by atoms with Crippen molar-refractivity contribution in [3.63, 3.8) is 0 Å². The number of nitrogens with two attached hydrogens (primary N) is 1. The molecule has 1 amide bonds. The number of carbonyl (C=O) groups is 1. The van der Waals surface area contributed by atoms with E-state index in [1.165, 1.54) is 6.42 Å². The number of ether oxygens (including phenoxy) is 1. The van der Waals surface area contributed by atoms with Gasteiger partial charge in [-0.05, 0) is 33.1 Å². The molecule has 0 radical (unpaired) electrons. The summed E-state index contributed by atoms with van der Waals surface area (Å²) < 4.78 is 5.54. The molecule has 0 aromatic heterocycles. The Morgan fingerprint density at radius 3 is 2.56 bits per heavy atom. The fourth-order valence-electron chi connectivity index (χ4n) is 3.11. The van der Waals surface area contributed by atoms with Crippen molar-refractivity contribution in [2.45, 2.75) is 76.0 Å². The molecule has 1 aliphatic carbocycles. The van der Waals surface area contributed by atoms with E-state index >= 15 is 0 Å². The van der Waals surface area contributed by atoms with Gasteiger partial charge in [-0.25, -0.2) is 0 Å². The Hall–Kier alpha value is -0.610. The van der Waals surface area contributed by atoms with Crippen molar-refractivity contribution in [1.82, 2.24) is 5.32 Å². The lowest BCUT2D eigenvalue weighted by Gasteiger charge is -2.35. The summed E-state index contributed by atoms with van der Waals surface area (Å²) in [6.45, 7) is 4.81. The average molecular weight is 254 g/mol. The Bertz CT molecular complexity index is 313. The molecule has 0 aromatic carbocycles. The quantitative estimate of drug-likeness (QED) is 0.806. The molecule has 1 aliphatic heterocycles. The molecule has 3 N–H and O–H groups in total. The fraction of sp³-hybridized carbons (Fsp3) is 0.929. The van der Waals surface area contributed by atoms with E-state index in [-0.39, 0.29) is 23.1 Å². The van der Waals surface area contributed by atoms with E-state index in [0.717, 1.165) is 38.7 Å². The van der Waals surface area contributed by atoms with E-state index in [9.17, 15) is 4.79 Å². The third-order valence-corrected chi connectivity index (χ3v) is 4.67. The molecule has 4 heteroatoms. The van der Waals surface area contributed by atoms with E-state index < -0.39 is 0 Å². The minimum atomic E-state index is -0.276. The summed E-state index contributed by atoms with van der Waals surface area (Å²) in [7, 11) is 0. The Balaban J connectivity index is 1.88. The van der Waals surface area contributed by atoms with Crippen LogP contribution in [0.15, 0.2) is 0 Å². The maximum absolute atomic E-state index is 12.2. The maximum atomic E-state index is 12.2. The molecule has 2 unspecified atom stereocenters. The molecule has 2 atom stereocenters. The number of hydrogen-bond acceptors (Lipinski definition) is 3. The van der Waals surface area contributed by atoms with E-state index in [0.29, 0.717) is 6.42 Å². The van der Waals surface area contributed by atoms with Gasteiger partial charge in [0.05, 0.1) is 11.6 Å². The molecule has 2 aliphatic rings. The van der Waals surface area contributed by atoms with Crippen LogP contribution in [0.3, 0.4) is 0 Å². The number of nitrogens with one attached hydrogen (secondary N) is 1. The van der Waals surface area contributed by atoms with Crippen LogP contribution < -0.4 is 11.1 Å². The first-order valence-electron chi connectivity index (χ1n) is 7.15. The molecule has 2 rings (SSSR count). The summed E-state index contributed by atoms with van der Waals surface area (Å²) in [5, 5.41) is 3.13. The summed E-state index contributed by atoms with van der Waals surface area (Å²) >= 11 is 0. The number of carbonyl (C=O) groups excluding carboxylic acids is 1. The number of rotatable bonds is 3. The SMILES string of the molecule is CC1OCCC1(C)NC(=O)CC1(N)CCCCC1. The molecule has 0 spiro atoms. The molecule has 2 fully saturated rings. The lowest BCUT2D eigenvalue weighted by Crippen LogP contribution is -2.54. The minimum Gasteiger partial charge on any atom is -0.376 e. The molecule has 1 saturated carbocycles. The summed E-state index contributed by atoms with van der Waals surface area (Å²) in [5.74, 6) is 0.0826. The monoisotopic (exact) mass is 254 g/mol. The molecular formula is C14H26N2O2. The van der Waals surface area contributed by atoms with Crippen molar-refractivity contribution in [3.05, 3.63) is 0 Å². The van der Waals surface area contributed by atoms with Crippen LogP contribution in [-0.2, 0) is 9.53 Å². The summed E-state index contributed by atoms with van der Waals surface area (Å²) in [6, 6.07) is 0. The Morgan fingerprint density at radius 2 is 2.00 bits per heavy atom. The van der Waals surface area contributed by atoms with Gasteiger partial charge < -0.3 is 15.8 Å². The molecule has 0 bridgehead atoms. The van der Waals surface area contributed by atoms with Crippen molar-refractivity contribution in [1.29, 1.82) is 0 Å².